The van der Waals surface area contributed by atoms with Gasteiger partial charge in [-0.3, -0.25) is 4.68 Å². The summed E-state index contributed by atoms with van der Waals surface area (Å²) >= 11 is 0. The highest BCUT2D eigenvalue weighted by Crippen LogP contribution is 2.22. The van der Waals surface area contributed by atoms with Gasteiger partial charge in [0.1, 0.15) is 0 Å². The number of aliphatic hydroxyl groups excluding tert-OH is 1. The van der Waals surface area contributed by atoms with Crippen molar-refractivity contribution in [2.45, 2.75) is 38.3 Å². The lowest BCUT2D eigenvalue weighted by Gasteiger charge is -2.11. The third-order valence-electron chi connectivity index (χ3n) is 5.14. The fourth-order valence-electron chi connectivity index (χ4n) is 3.62. The van der Waals surface area contributed by atoms with Crippen molar-refractivity contribution in [2.24, 2.45) is 0 Å². The van der Waals surface area contributed by atoms with E-state index in [9.17, 15) is 0 Å². The first-order valence-corrected chi connectivity index (χ1v) is 9.75. The van der Waals surface area contributed by atoms with Crippen molar-refractivity contribution >= 4 is 17.1 Å². The molecule has 0 amide bonds. The Kier molecular flexibility index (Phi) is 4.60. The molecule has 4 aromatic heterocycles. The predicted molar refractivity (Wildman–Crippen MR) is 106 cm³/mol. The molecule has 148 valence electrons. The summed E-state index contributed by atoms with van der Waals surface area (Å²) in [5, 5.41) is 25.0. The van der Waals surface area contributed by atoms with Crippen LogP contribution in [0.25, 0.3) is 28.1 Å². The zero-order valence-electron chi connectivity index (χ0n) is 15.8. The molecule has 0 aliphatic heterocycles. The second-order valence-corrected chi connectivity index (χ2v) is 7.15. The fourth-order valence-corrected chi connectivity index (χ4v) is 3.62. The van der Waals surface area contributed by atoms with E-state index in [1.165, 1.54) is 12.8 Å². The van der Waals surface area contributed by atoms with E-state index in [0.717, 1.165) is 24.0 Å². The first kappa shape index (κ1) is 17.7. The van der Waals surface area contributed by atoms with Gasteiger partial charge in [-0.1, -0.05) is 18.1 Å². The second kappa shape index (κ2) is 7.55. The van der Waals surface area contributed by atoms with Gasteiger partial charge in [0.05, 0.1) is 25.5 Å². The summed E-state index contributed by atoms with van der Waals surface area (Å²) in [4.78, 5) is 13.5. The molecule has 0 saturated heterocycles. The normalized spacial score (nSPS) is 14.7. The quantitative estimate of drug-likeness (QED) is 0.511. The van der Waals surface area contributed by atoms with Gasteiger partial charge in [-0.2, -0.15) is 14.8 Å². The molecular formula is C19H21N9O. The Balaban J connectivity index is 1.42. The SMILES string of the molecule is OCCn1cc(-c2ccc(-n3nnc4cnc(NC5CCCC5)nc43)nc2)cn1. The molecule has 1 saturated carbocycles. The monoisotopic (exact) mass is 391 g/mol. The Morgan fingerprint density at radius 3 is 2.76 bits per heavy atom. The molecule has 0 atom stereocenters. The van der Waals surface area contributed by atoms with Gasteiger partial charge in [0.15, 0.2) is 17.0 Å². The lowest BCUT2D eigenvalue weighted by atomic mass is 10.2. The highest BCUT2D eigenvalue weighted by atomic mass is 16.3. The average molecular weight is 391 g/mol. The highest BCUT2D eigenvalue weighted by Gasteiger charge is 2.17. The number of aliphatic hydroxyl groups is 1. The van der Waals surface area contributed by atoms with Crippen molar-refractivity contribution in [3.05, 3.63) is 36.9 Å². The van der Waals surface area contributed by atoms with Crippen LogP contribution in [-0.4, -0.2) is 57.5 Å². The van der Waals surface area contributed by atoms with Crippen LogP contribution in [0, 0.1) is 0 Å². The van der Waals surface area contributed by atoms with E-state index in [2.05, 4.69) is 35.7 Å². The number of fused-ring (bicyclic) bond motifs is 1. The molecule has 4 heterocycles. The number of pyridine rings is 1. The maximum atomic E-state index is 9.02. The Morgan fingerprint density at radius 1 is 1.07 bits per heavy atom. The number of anilines is 1. The van der Waals surface area contributed by atoms with Gasteiger partial charge in [-0.15, -0.1) is 5.10 Å². The molecule has 10 nitrogen and oxygen atoms in total. The van der Waals surface area contributed by atoms with Crippen molar-refractivity contribution in [1.82, 2.24) is 39.7 Å². The minimum absolute atomic E-state index is 0.0527. The topological polar surface area (TPSA) is 119 Å². The van der Waals surface area contributed by atoms with Gasteiger partial charge in [0, 0.05) is 29.6 Å². The van der Waals surface area contributed by atoms with E-state index in [4.69, 9.17) is 5.11 Å². The second-order valence-electron chi connectivity index (χ2n) is 7.15. The molecule has 10 heteroatoms. The first-order chi connectivity index (χ1) is 14.3. The molecule has 1 fully saturated rings. The molecule has 0 spiro atoms. The van der Waals surface area contributed by atoms with E-state index in [0.29, 0.717) is 35.5 Å². The Bertz CT molecular complexity index is 1110. The highest BCUT2D eigenvalue weighted by molar-refractivity contribution is 5.72. The minimum atomic E-state index is 0.0527. The number of rotatable bonds is 6. The number of nitrogens with zero attached hydrogens (tertiary/aromatic N) is 8. The number of aromatic nitrogens is 8. The zero-order valence-corrected chi connectivity index (χ0v) is 15.8. The standard InChI is InChI=1S/C19H21N9O/c29-8-7-27-12-14(10-22-27)13-5-6-17(20-9-13)28-18-16(25-26-28)11-21-19(24-18)23-15-3-1-2-4-15/h5-6,9-12,15,29H,1-4,7-8H2,(H,21,23,24). The first-order valence-electron chi connectivity index (χ1n) is 9.75. The molecule has 29 heavy (non-hydrogen) atoms. The van der Waals surface area contributed by atoms with Crippen LogP contribution in [0.5, 0.6) is 0 Å². The molecule has 5 rings (SSSR count). The third kappa shape index (κ3) is 3.54. The van der Waals surface area contributed by atoms with Crippen LogP contribution >= 0.6 is 0 Å². The van der Waals surface area contributed by atoms with Crippen LogP contribution in [0.15, 0.2) is 36.9 Å². The van der Waals surface area contributed by atoms with Crippen LogP contribution in [0.3, 0.4) is 0 Å². The smallest absolute Gasteiger partial charge is 0.225 e. The van der Waals surface area contributed by atoms with Crippen LogP contribution < -0.4 is 5.32 Å². The number of hydrogen-bond donors (Lipinski definition) is 2. The Hall–Kier alpha value is -3.40. The maximum Gasteiger partial charge on any atom is 0.225 e. The van der Waals surface area contributed by atoms with Gasteiger partial charge in [-0.05, 0) is 25.0 Å². The number of nitrogens with one attached hydrogen (secondary N) is 1. The zero-order chi connectivity index (χ0) is 19.6. The van der Waals surface area contributed by atoms with E-state index in [1.54, 1.807) is 28.0 Å². The summed E-state index contributed by atoms with van der Waals surface area (Å²) in [6.45, 7) is 0.518. The van der Waals surface area contributed by atoms with Crippen molar-refractivity contribution in [2.75, 3.05) is 11.9 Å². The van der Waals surface area contributed by atoms with Gasteiger partial charge in [-0.25, -0.2) is 9.97 Å². The predicted octanol–water partition coefficient (Wildman–Crippen LogP) is 1.82. The van der Waals surface area contributed by atoms with E-state index in [1.807, 2.05) is 18.3 Å². The molecule has 0 radical (unpaired) electrons. The summed E-state index contributed by atoms with van der Waals surface area (Å²) in [6, 6.07) is 4.26. The Labute approximate surface area is 166 Å². The van der Waals surface area contributed by atoms with Crippen LogP contribution in [0.2, 0.25) is 0 Å². The van der Waals surface area contributed by atoms with Gasteiger partial charge < -0.3 is 10.4 Å². The van der Waals surface area contributed by atoms with E-state index < -0.39 is 0 Å². The summed E-state index contributed by atoms with van der Waals surface area (Å²) in [5.41, 5.74) is 3.11. The summed E-state index contributed by atoms with van der Waals surface area (Å²) in [6.07, 6.45) is 11.9. The third-order valence-corrected chi connectivity index (χ3v) is 5.14. The lowest BCUT2D eigenvalue weighted by molar-refractivity contribution is 0.269. The van der Waals surface area contributed by atoms with Crippen molar-refractivity contribution < 1.29 is 5.11 Å². The Morgan fingerprint density at radius 2 is 1.97 bits per heavy atom. The lowest BCUT2D eigenvalue weighted by Crippen LogP contribution is -2.16. The molecule has 1 aliphatic rings. The van der Waals surface area contributed by atoms with Crippen molar-refractivity contribution in [1.29, 1.82) is 0 Å². The van der Waals surface area contributed by atoms with Gasteiger partial charge in [0.2, 0.25) is 5.95 Å². The molecule has 4 aromatic rings. The summed E-state index contributed by atoms with van der Waals surface area (Å²) < 4.78 is 3.32. The van der Waals surface area contributed by atoms with Crippen LogP contribution in [0.4, 0.5) is 5.95 Å². The van der Waals surface area contributed by atoms with E-state index >= 15 is 0 Å². The molecule has 0 bridgehead atoms. The largest absolute Gasteiger partial charge is 0.394 e. The van der Waals surface area contributed by atoms with Crippen molar-refractivity contribution in [3.8, 4) is 16.9 Å². The van der Waals surface area contributed by atoms with E-state index in [-0.39, 0.29) is 6.61 Å². The summed E-state index contributed by atoms with van der Waals surface area (Å²) in [5.74, 6) is 1.23. The molecule has 0 unspecified atom stereocenters. The average Bonchev–Trinajstić information content (AvgIpc) is 3.49. The molecular weight excluding hydrogens is 370 g/mol. The molecule has 1 aliphatic carbocycles. The summed E-state index contributed by atoms with van der Waals surface area (Å²) in [7, 11) is 0. The fraction of sp³-hybridized carbons (Fsp3) is 0.368. The van der Waals surface area contributed by atoms with Crippen LogP contribution in [0.1, 0.15) is 25.7 Å². The number of hydrogen-bond acceptors (Lipinski definition) is 8. The minimum Gasteiger partial charge on any atom is -0.394 e. The van der Waals surface area contributed by atoms with Crippen LogP contribution in [-0.2, 0) is 6.54 Å². The van der Waals surface area contributed by atoms with Crippen molar-refractivity contribution in [3.63, 3.8) is 0 Å². The maximum absolute atomic E-state index is 9.02. The van der Waals surface area contributed by atoms with Gasteiger partial charge >= 0.3 is 0 Å². The molecule has 0 aromatic carbocycles. The molecule has 2 N–H and O–H groups in total. The van der Waals surface area contributed by atoms with Gasteiger partial charge in [0.25, 0.3) is 0 Å².